The Labute approximate surface area is 106 Å². The maximum atomic E-state index is 5.00. The fourth-order valence-electron chi connectivity index (χ4n) is 2.40. The van der Waals surface area contributed by atoms with Crippen molar-refractivity contribution < 1.29 is 0 Å². The highest BCUT2D eigenvalue weighted by Gasteiger charge is 2.10. The van der Waals surface area contributed by atoms with E-state index in [1.165, 1.54) is 42.4 Å². The number of hydrogen-bond donors (Lipinski definition) is 1. The molecule has 0 fully saturated rings. The lowest BCUT2D eigenvalue weighted by atomic mass is 9.90. The zero-order valence-corrected chi connectivity index (χ0v) is 10.4. The number of aryl methyl sites for hydroxylation is 2. The van der Waals surface area contributed by atoms with Crippen molar-refractivity contribution in [3.63, 3.8) is 0 Å². The summed E-state index contributed by atoms with van der Waals surface area (Å²) in [6.45, 7) is 0. The lowest BCUT2D eigenvalue weighted by Gasteiger charge is -2.16. The number of aromatic amines is 1. The number of rotatable bonds is 1. The van der Waals surface area contributed by atoms with Gasteiger partial charge in [0.2, 0.25) is 0 Å². The zero-order chi connectivity index (χ0) is 11.7. The summed E-state index contributed by atoms with van der Waals surface area (Å²) in [5.41, 5.74) is 5.13. The van der Waals surface area contributed by atoms with Crippen molar-refractivity contribution in [2.75, 3.05) is 0 Å². The second-order valence-electron chi connectivity index (χ2n) is 4.50. The minimum atomic E-state index is 0.673. The normalized spacial score (nSPS) is 14.4. The van der Waals surface area contributed by atoms with Gasteiger partial charge in [0.05, 0.1) is 5.69 Å². The lowest BCUT2D eigenvalue weighted by molar-refractivity contribution is 0.686. The van der Waals surface area contributed by atoms with Crippen molar-refractivity contribution in [1.29, 1.82) is 0 Å². The Morgan fingerprint density at radius 3 is 2.59 bits per heavy atom. The molecule has 1 aromatic carbocycles. The average molecular weight is 242 g/mol. The van der Waals surface area contributed by atoms with E-state index in [1.807, 2.05) is 12.1 Å². The fraction of sp³-hybridized carbons (Fsp3) is 0.286. The Bertz CT molecular complexity index is 581. The Kier molecular flexibility index (Phi) is 2.77. The van der Waals surface area contributed by atoms with Gasteiger partial charge in [-0.1, -0.05) is 24.4 Å². The van der Waals surface area contributed by atoms with Gasteiger partial charge in [-0.25, -0.2) is 0 Å². The fourth-order valence-corrected chi connectivity index (χ4v) is 2.51. The molecule has 1 aromatic heterocycles. The highest BCUT2D eigenvalue weighted by molar-refractivity contribution is 7.71. The molecule has 3 heteroatoms. The van der Waals surface area contributed by atoms with E-state index in [4.69, 9.17) is 12.2 Å². The van der Waals surface area contributed by atoms with E-state index in [1.54, 1.807) is 0 Å². The number of benzene rings is 1. The SMILES string of the molecule is S=c1ccc(-c2ccc3c(c2)CCCC3)n[nH]1. The molecular formula is C14H14N2S. The lowest BCUT2D eigenvalue weighted by Crippen LogP contribution is -2.02. The molecule has 0 unspecified atom stereocenters. The van der Waals surface area contributed by atoms with E-state index < -0.39 is 0 Å². The predicted octanol–water partition coefficient (Wildman–Crippen LogP) is 3.68. The van der Waals surface area contributed by atoms with Crippen LogP contribution in [0.4, 0.5) is 0 Å². The predicted molar refractivity (Wildman–Crippen MR) is 71.5 cm³/mol. The first-order chi connectivity index (χ1) is 8.33. The molecule has 0 saturated heterocycles. The van der Waals surface area contributed by atoms with Gasteiger partial charge in [0.25, 0.3) is 0 Å². The first-order valence-electron chi connectivity index (χ1n) is 6.01. The Morgan fingerprint density at radius 2 is 1.82 bits per heavy atom. The highest BCUT2D eigenvalue weighted by atomic mass is 32.1. The van der Waals surface area contributed by atoms with E-state index in [-0.39, 0.29) is 0 Å². The molecule has 2 aromatic rings. The maximum absolute atomic E-state index is 5.00. The van der Waals surface area contributed by atoms with E-state index >= 15 is 0 Å². The quantitative estimate of drug-likeness (QED) is 0.773. The largest absolute Gasteiger partial charge is 0.267 e. The van der Waals surface area contributed by atoms with Gasteiger partial charge in [0.1, 0.15) is 4.64 Å². The van der Waals surface area contributed by atoms with Crippen LogP contribution in [0.3, 0.4) is 0 Å². The molecule has 0 aliphatic heterocycles. The summed E-state index contributed by atoms with van der Waals surface area (Å²) < 4.78 is 0.673. The monoisotopic (exact) mass is 242 g/mol. The van der Waals surface area contributed by atoms with Crippen LogP contribution in [-0.4, -0.2) is 10.2 Å². The minimum absolute atomic E-state index is 0.673. The molecule has 1 aliphatic rings. The van der Waals surface area contributed by atoms with Crippen molar-refractivity contribution >= 4 is 12.2 Å². The van der Waals surface area contributed by atoms with Crippen LogP contribution < -0.4 is 0 Å². The van der Waals surface area contributed by atoms with Gasteiger partial charge < -0.3 is 0 Å². The molecule has 0 spiro atoms. The van der Waals surface area contributed by atoms with Crippen molar-refractivity contribution in [3.05, 3.63) is 46.1 Å². The van der Waals surface area contributed by atoms with Gasteiger partial charge in [0, 0.05) is 5.56 Å². The van der Waals surface area contributed by atoms with E-state index in [9.17, 15) is 0 Å². The number of hydrogen-bond acceptors (Lipinski definition) is 2. The molecule has 1 N–H and O–H groups in total. The van der Waals surface area contributed by atoms with Crippen LogP contribution in [0.25, 0.3) is 11.3 Å². The number of H-pyrrole nitrogens is 1. The van der Waals surface area contributed by atoms with Crippen LogP contribution in [0, 0.1) is 4.64 Å². The third-order valence-electron chi connectivity index (χ3n) is 3.32. The number of fused-ring (bicyclic) bond motifs is 1. The summed E-state index contributed by atoms with van der Waals surface area (Å²) in [5.74, 6) is 0. The summed E-state index contributed by atoms with van der Waals surface area (Å²) in [6.07, 6.45) is 5.05. The van der Waals surface area contributed by atoms with Gasteiger partial charge in [-0.05, 0) is 55.0 Å². The van der Waals surface area contributed by atoms with Crippen molar-refractivity contribution in [2.45, 2.75) is 25.7 Å². The van der Waals surface area contributed by atoms with Crippen LogP contribution in [0.1, 0.15) is 24.0 Å². The molecule has 1 aliphatic carbocycles. The van der Waals surface area contributed by atoms with Crippen molar-refractivity contribution in [2.24, 2.45) is 0 Å². The molecule has 0 amide bonds. The molecular weight excluding hydrogens is 228 g/mol. The van der Waals surface area contributed by atoms with Gasteiger partial charge in [-0.3, -0.25) is 5.10 Å². The first-order valence-corrected chi connectivity index (χ1v) is 6.42. The van der Waals surface area contributed by atoms with Crippen LogP contribution in [0.15, 0.2) is 30.3 Å². The molecule has 0 saturated carbocycles. The summed E-state index contributed by atoms with van der Waals surface area (Å²) >= 11 is 5.00. The molecule has 3 rings (SSSR count). The number of aromatic nitrogens is 2. The van der Waals surface area contributed by atoms with Crippen LogP contribution in [-0.2, 0) is 12.8 Å². The van der Waals surface area contributed by atoms with Crippen molar-refractivity contribution in [1.82, 2.24) is 10.2 Å². The highest BCUT2D eigenvalue weighted by Crippen LogP contribution is 2.26. The smallest absolute Gasteiger partial charge is 0.119 e. The maximum Gasteiger partial charge on any atom is 0.119 e. The second kappa shape index (κ2) is 4.41. The molecule has 0 atom stereocenters. The molecule has 86 valence electrons. The molecule has 1 heterocycles. The average Bonchev–Trinajstić information content (AvgIpc) is 2.39. The van der Waals surface area contributed by atoms with E-state index in [2.05, 4.69) is 28.4 Å². The van der Waals surface area contributed by atoms with E-state index in [0.717, 1.165) is 5.69 Å². The Morgan fingerprint density at radius 1 is 1.00 bits per heavy atom. The molecule has 17 heavy (non-hydrogen) atoms. The van der Waals surface area contributed by atoms with Gasteiger partial charge in [-0.2, -0.15) is 5.10 Å². The molecule has 2 nitrogen and oxygen atoms in total. The first kappa shape index (κ1) is 10.7. The minimum Gasteiger partial charge on any atom is -0.267 e. The Balaban J connectivity index is 2.03. The summed E-state index contributed by atoms with van der Waals surface area (Å²) in [4.78, 5) is 0. The molecule has 0 radical (unpaired) electrons. The second-order valence-corrected chi connectivity index (χ2v) is 4.94. The summed E-state index contributed by atoms with van der Waals surface area (Å²) in [6, 6.07) is 10.5. The van der Waals surface area contributed by atoms with Crippen LogP contribution in [0.5, 0.6) is 0 Å². The summed E-state index contributed by atoms with van der Waals surface area (Å²) in [5, 5.41) is 7.11. The number of nitrogens with zero attached hydrogens (tertiary/aromatic N) is 1. The topological polar surface area (TPSA) is 28.7 Å². The van der Waals surface area contributed by atoms with Crippen LogP contribution in [0.2, 0.25) is 0 Å². The van der Waals surface area contributed by atoms with Crippen molar-refractivity contribution in [3.8, 4) is 11.3 Å². The standard InChI is InChI=1S/C14H14N2S/c17-14-8-7-13(15-16-14)12-6-5-10-3-1-2-4-11(10)9-12/h5-9H,1-4H2,(H,16,17). The Hall–Kier alpha value is -1.48. The van der Waals surface area contributed by atoms with Gasteiger partial charge in [-0.15, -0.1) is 0 Å². The van der Waals surface area contributed by atoms with Gasteiger partial charge >= 0.3 is 0 Å². The van der Waals surface area contributed by atoms with E-state index in [0.29, 0.717) is 4.64 Å². The zero-order valence-electron chi connectivity index (χ0n) is 9.57. The third kappa shape index (κ3) is 2.15. The molecule has 0 bridgehead atoms. The summed E-state index contributed by atoms with van der Waals surface area (Å²) in [7, 11) is 0. The third-order valence-corrected chi connectivity index (χ3v) is 3.55. The number of nitrogens with one attached hydrogen (secondary N) is 1. The van der Waals surface area contributed by atoms with Gasteiger partial charge in [0.15, 0.2) is 0 Å². The van der Waals surface area contributed by atoms with Crippen LogP contribution >= 0.6 is 12.2 Å².